The molecule has 0 heterocycles. The average molecular weight is 1070 g/mol. The molecule has 1 unspecified atom stereocenters. The van der Waals surface area contributed by atoms with E-state index >= 15 is 0 Å². The number of allylic oxidation sites excluding steroid dienone is 22. The van der Waals surface area contributed by atoms with Crippen molar-refractivity contribution in [2.75, 3.05) is 13.2 Å². The number of esters is 3. The summed E-state index contributed by atoms with van der Waals surface area (Å²) in [6.07, 6.45) is 90.2. The molecule has 0 bridgehead atoms. The third kappa shape index (κ3) is 62.3. The molecule has 0 rings (SSSR count). The van der Waals surface area contributed by atoms with Crippen LogP contribution in [0, 0.1) is 0 Å². The molecule has 6 heteroatoms. The lowest BCUT2D eigenvalue weighted by Crippen LogP contribution is -2.30. The Hall–Kier alpha value is -4.45. The van der Waals surface area contributed by atoms with Crippen LogP contribution in [0.1, 0.15) is 278 Å². The molecule has 0 saturated heterocycles. The van der Waals surface area contributed by atoms with E-state index in [0.29, 0.717) is 19.3 Å². The zero-order chi connectivity index (χ0) is 55.7. The Balaban J connectivity index is 4.47. The average Bonchev–Trinajstić information content (AvgIpc) is 3.43. The fourth-order valence-electron chi connectivity index (χ4n) is 8.43. The highest BCUT2D eigenvalue weighted by Crippen LogP contribution is 2.15. The lowest BCUT2D eigenvalue weighted by molar-refractivity contribution is -0.167. The summed E-state index contributed by atoms with van der Waals surface area (Å²) in [6.45, 7) is 6.37. The van der Waals surface area contributed by atoms with Crippen LogP contribution in [0.25, 0.3) is 0 Å². The summed E-state index contributed by atoms with van der Waals surface area (Å²) < 4.78 is 16.9. The van der Waals surface area contributed by atoms with Crippen LogP contribution in [0.5, 0.6) is 0 Å². The number of carbonyl (C=O) groups is 3. The van der Waals surface area contributed by atoms with E-state index in [1.54, 1.807) is 0 Å². The summed E-state index contributed by atoms with van der Waals surface area (Å²) in [5, 5.41) is 0. The van der Waals surface area contributed by atoms with Gasteiger partial charge in [-0.15, -0.1) is 0 Å². The zero-order valence-corrected chi connectivity index (χ0v) is 49.9. The second kappa shape index (κ2) is 64.1. The predicted molar refractivity (Wildman–Crippen MR) is 334 cm³/mol. The Morgan fingerprint density at radius 3 is 0.792 bits per heavy atom. The van der Waals surface area contributed by atoms with Gasteiger partial charge in [0, 0.05) is 19.3 Å². The predicted octanol–water partition coefficient (Wildman–Crippen LogP) is 21.8. The number of hydrogen-bond donors (Lipinski definition) is 0. The van der Waals surface area contributed by atoms with Crippen molar-refractivity contribution >= 4 is 17.9 Å². The first-order chi connectivity index (χ1) is 38.0. The van der Waals surface area contributed by atoms with Crippen LogP contribution < -0.4 is 0 Å². The van der Waals surface area contributed by atoms with Crippen LogP contribution in [0.15, 0.2) is 134 Å². The zero-order valence-electron chi connectivity index (χ0n) is 49.9. The number of rotatable bonds is 56. The van der Waals surface area contributed by atoms with Crippen LogP contribution in [-0.4, -0.2) is 37.2 Å². The molecule has 1 atom stereocenters. The van der Waals surface area contributed by atoms with Gasteiger partial charge in [-0.05, 0) is 135 Å². The lowest BCUT2D eigenvalue weighted by atomic mass is 10.1. The Kier molecular flexibility index (Phi) is 60.4. The Morgan fingerprint density at radius 2 is 0.506 bits per heavy atom. The number of carbonyl (C=O) groups excluding carboxylic acids is 3. The van der Waals surface area contributed by atoms with E-state index < -0.39 is 6.10 Å². The standard InChI is InChI=1S/C71H116O6/c1-4-7-10-13-16-19-22-25-28-30-32-34-35-37-38-40-43-46-49-52-55-58-61-64-70(73)76-67-68(66-75-69(72)63-60-57-54-51-48-45-42-27-24-21-18-15-12-9-6-3)77-71(74)65-62-59-56-53-50-47-44-41-39-36-33-31-29-26-23-20-17-14-11-8-5-2/h7,9-10,12,16,18-19,21,23,25-28,31-34,37-38,42-43,46,68H,4-6,8,11,13-15,17,20,22,24,29-30,35-36,39-41,44-45,47-67H2,1-3H3/b10-7-,12-9-,19-16-,21-18-,26-23-,28-25-,33-31-,34-32-,38-37-,42-27-,46-43-. The molecule has 436 valence electrons. The van der Waals surface area contributed by atoms with Gasteiger partial charge in [0.2, 0.25) is 0 Å². The summed E-state index contributed by atoms with van der Waals surface area (Å²) >= 11 is 0. The molecule has 0 aliphatic heterocycles. The van der Waals surface area contributed by atoms with Gasteiger partial charge in [-0.25, -0.2) is 0 Å². The first-order valence-corrected chi connectivity index (χ1v) is 31.7. The quantitative estimate of drug-likeness (QED) is 0.0261. The third-order valence-corrected chi connectivity index (χ3v) is 13.1. The monoisotopic (exact) mass is 1060 g/mol. The molecular formula is C71H116O6. The van der Waals surface area contributed by atoms with Crippen molar-refractivity contribution in [3.8, 4) is 0 Å². The molecule has 0 aromatic carbocycles. The fraction of sp³-hybridized carbons (Fsp3) is 0.648. The normalized spacial score (nSPS) is 13.0. The van der Waals surface area contributed by atoms with Gasteiger partial charge >= 0.3 is 17.9 Å². The second-order valence-electron chi connectivity index (χ2n) is 20.5. The summed E-state index contributed by atoms with van der Waals surface area (Å²) in [4.78, 5) is 38.3. The maximum atomic E-state index is 12.9. The minimum absolute atomic E-state index is 0.101. The highest BCUT2D eigenvalue weighted by atomic mass is 16.6. The maximum absolute atomic E-state index is 12.9. The molecule has 0 aromatic heterocycles. The minimum Gasteiger partial charge on any atom is -0.462 e. The van der Waals surface area contributed by atoms with Crippen molar-refractivity contribution in [1.29, 1.82) is 0 Å². The second-order valence-corrected chi connectivity index (χ2v) is 20.5. The Bertz CT molecular complexity index is 1650. The summed E-state index contributed by atoms with van der Waals surface area (Å²) in [6, 6.07) is 0. The molecular weight excluding hydrogens is 949 g/mol. The highest BCUT2D eigenvalue weighted by molar-refractivity contribution is 5.71. The summed E-state index contributed by atoms with van der Waals surface area (Å²) in [7, 11) is 0. The molecule has 0 amide bonds. The number of unbranched alkanes of at least 4 members (excludes halogenated alkanes) is 23. The van der Waals surface area contributed by atoms with Crippen molar-refractivity contribution in [3.05, 3.63) is 134 Å². The van der Waals surface area contributed by atoms with E-state index in [-0.39, 0.29) is 31.1 Å². The van der Waals surface area contributed by atoms with Crippen molar-refractivity contribution in [3.63, 3.8) is 0 Å². The fourth-order valence-corrected chi connectivity index (χ4v) is 8.43. The van der Waals surface area contributed by atoms with E-state index in [0.717, 1.165) is 154 Å². The van der Waals surface area contributed by atoms with Gasteiger partial charge in [0.1, 0.15) is 13.2 Å². The van der Waals surface area contributed by atoms with Crippen molar-refractivity contribution in [2.24, 2.45) is 0 Å². The first-order valence-electron chi connectivity index (χ1n) is 31.7. The molecule has 0 N–H and O–H groups in total. The molecule has 0 aliphatic carbocycles. The summed E-state index contributed by atoms with van der Waals surface area (Å²) in [5.74, 6) is -0.944. The van der Waals surface area contributed by atoms with E-state index in [1.165, 1.54) is 83.5 Å². The van der Waals surface area contributed by atoms with Crippen molar-refractivity contribution < 1.29 is 28.6 Å². The van der Waals surface area contributed by atoms with Gasteiger partial charge in [-0.2, -0.15) is 0 Å². The highest BCUT2D eigenvalue weighted by Gasteiger charge is 2.19. The molecule has 6 nitrogen and oxygen atoms in total. The van der Waals surface area contributed by atoms with Crippen LogP contribution in [0.4, 0.5) is 0 Å². The summed E-state index contributed by atoms with van der Waals surface area (Å²) in [5.41, 5.74) is 0. The van der Waals surface area contributed by atoms with E-state index in [2.05, 4.69) is 154 Å². The molecule has 0 saturated carbocycles. The Morgan fingerprint density at radius 1 is 0.273 bits per heavy atom. The van der Waals surface area contributed by atoms with Gasteiger partial charge < -0.3 is 14.2 Å². The smallest absolute Gasteiger partial charge is 0.306 e. The van der Waals surface area contributed by atoms with Gasteiger partial charge in [-0.1, -0.05) is 257 Å². The maximum Gasteiger partial charge on any atom is 0.306 e. The lowest BCUT2D eigenvalue weighted by Gasteiger charge is -2.18. The molecule has 77 heavy (non-hydrogen) atoms. The molecule has 0 fully saturated rings. The van der Waals surface area contributed by atoms with Gasteiger partial charge in [-0.3, -0.25) is 14.4 Å². The topological polar surface area (TPSA) is 78.9 Å². The molecule has 0 radical (unpaired) electrons. The van der Waals surface area contributed by atoms with Crippen LogP contribution >= 0.6 is 0 Å². The SMILES string of the molecule is CC/C=C\C/C=C\C/C=C\C/C=C\C/C=C\C/C=C\CCCCCCC(=O)OCC(COC(=O)CCCCCCC/C=C\C/C=C\C/C=C\CC)OC(=O)CCCCCCCCCCC/C=C\C/C=C\CCCCCCC. The first kappa shape index (κ1) is 72.5. The van der Waals surface area contributed by atoms with E-state index in [1.807, 2.05) is 0 Å². The minimum atomic E-state index is -0.805. The third-order valence-electron chi connectivity index (χ3n) is 13.1. The van der Waals surface area contributed by atoms with Crippen LogP contribution in [0.2, 0.25) is 0 Å². The largest absolute Gasteiger partial charge is 0.462 e. The Labute approximate surface area is 475 Å². The van der Waals surface area contributed by atoms with Crippen molar-refractivity contribution in [2.45, 2.75) is 284 Å². The number of hydrogen-bond acceptors (Lipinski definition) is 6. The van der Waals surface area contributed by atoms with Crippen LogP contribution in [0.3, 0.4) is 0 Å². The van der Waals surface area contributed by atoms with Crippen molar-refractivity contribution in [1.82, 2.24) is 0 Å². The van der Waals surface area contributed by atoms with Gasteiger partial charge in [0.25, 0.3) is 0 Å². The molecule has 0 spiro atoms. The molecule has 0 aliphatic rings. The van der Waals surface area contributed by atoms with E-state index in [4.69, 9.17) is 14.2 Å². The van der Waals surface area contributed by atoms with Gasteiger partial charge in [0.15, 0.2) is 6.10 Å². The molecule has 0 aromatic rings. The van der Waals surface area contributed by atoms with E-state index in [9.17, 15) is 14.4 Å². The number of ether oxygens (including phenoxy) is 3. The van der Waals surface area contributed by atoms with Gasteiger partial charge in [0.05, 0.1) is 0 Å². The van der Waals surface area contributed by atoms with Crippen LogP contribution in [-0.2, 0) is 28.6 Å².